The zero-order valence-corrected chi connectivity index (χ0v) is 13.7. The van der Waals surface area contributed by atoms with Crippen LogP contribution >= 0.6 is 15.9 Å². The van der Waals surface area contributed by atoms with E-state index in [1.54, 1.807) is 12.1 Å². The first kappa shape index (κ1) is 16.4. The molecule has 2 atom stereocenters. The molecule has 1 aromatic carbocycles. The van der Waals surface area contributed by atoms with Crippen LogP contribution in [0, 0.1) is 16.0 Å². The number of aliphatic hydroxyl groups is 1. The molecule has 2 unspecified atom stereocenters. The van der Waals surface area contributed by atoms with Gasteiger partial charge in [0.25, 0.3) is 5.69 Å². The lowest BCUT2D eigenvalue weighted by Crippen LogP contribution is -2.43. The molecule has 2 N–H and O–H groups in total. The first-order valence-electron chi connectivity index (χ1n) is 7.25. The second-order valence-electron chi connectivity index (χ2n) is 6.06. The molecule has 2 rings (SSSR count). The van der Waals surface area contributed by atoms with E-state index in [-0.39, 0.29) is 10.6 Å². The summed E-state index contributed by atoms with van der Waals surface area (Å²) in [5, 5.41) is 24.8. The quantitative estimate of drug-likeness (QED) is 0.626. The molecule has 0 heterocycles. The third-order valence-corrected chi connectivity index (χ3v) is 4.57. The molecule has 0 radical (unpaired) electrons. The van der Waals surface area contributed by atoms with Gasteiger partial charge in [0, 0.05) is 29.2 Å². The second-order valence-corrected chi connectivity index (χ2v) is 6.98. The van der Waals surface area contributed by atoms with Crippen LogP contribution < -0.4 is 5.32 Å². The summed E-state index contributed by atoms with van der Waals surface area (Å²) in [4.78, 5) is 10.7. The minimum absolute atomic E-state index is 0.0980. The Morgan fingerprint density at radius 2 is 2.33 bits per heavy atom. The molecular formula is C15H21BrN2O3. The number of rotatable bonds is 5. The van der Waals surface area contributed by atoms with Gasteiger partial charge in [0.05, 0.1) is 10.5 Å². The van der Waals surface area contributed by atoms with E-state index in [1.165, 1.54) is 12.5 Å². The van der Waals surface area contributed by atoms with Crippen molar-refractivity contribution < 1.29 is 10.0 Å². The Morgan fingerprint density at radius 1 is 1.57 bits per heavy atom. The highest BCUT2D eigenvalue weighted by Gasteiger charge is 2.32. The lowest BCUT2D eigenvalue weighted by Gasteiger charge is -2.35. The van der Waals surface area contributed by atoms with Crippen LogP contribution in [-0.4, -0.2) is 22.2 Å². The standard InChI is InChI=1S/C15H21BrN2O3/c1-11-3-2-6-15(19,8-11)10-17-9-12-4-5-13(16)7-14(12)18(20)21/h4-5,7,11,17,19H,2-3,6,8-10H2,1H3. The maximum atomic E-state index is 11.1. The van der Waals surface area contributed by atoms with E-state index >= 15 is 0 Å². The lowest BCUT2D eigenvalue weighted by atomic mass is 9.79. The van der Waals surface area contributed by atoms with Crippen molar-refractivity contribution in [1.29, 1.82) is 0 Å². The van der Waals surface area contributed by atoms with Gasteiger partial charge in [0.1, 0.15) is 0 Å². The molecule has 0 saturated heterocycles. The lowest BCUT2D eigenvalue weighted by molar-refractivity contribution is -0.385. The third-order valence-electron chi connectivity index (χ3n) is 4.08. The molecule has 0 spiro atoms. The average Bonchev–Trinajstić information content (AvgIpc) is 2.39. The zero-order chi connectivity index (χ0) is 15.5. The molecule has 116 valence electrons. The van der Waals surface area contributed by atoms with Crippen LogP contribution in [0.1, 0.15) is 38.2 Å². The predicted octanol–water partition coefficient (Wildman–Crippen LogP) is 3.39. The third kappa shape index (κ3) is 4.49. The minimum Gasteiger partial charge on any atom is -0.389 e. The number of nitro groups is 1. The summed E-state index contributed by atoms with van der Waals surface area (Å²) >= 11 is 3.25. The fourth-order valence-electron chi connectivity index (χ4n) is 3.08. The molecule has 0 amide bonds. The number of benzene rings is 1. The largest absolute Gasteiger partial charge is 0.389 e. The van der Waals surface area contributed by atoms with Crippen LogP contribution in [0.15, 0.2) is 22.7 Å². The average molecular weight is 357 g/mol. The molecule has 1 fully saturated rings. The second kappa shape index (κ2) is 6.85. The normalized spacial score (nSPS) is 25.8. The maximum absolute atomic E-state index is 11.1. The summed E-state index contributed by atoms with van der Waals surface area (Å²) in [5.74, 6) is 0.535. The van der Waals surface area contributed by atoms with Crippen molar-refractivity contribution in [3.8, 4) is 0 Å². The van der Waals surface area contributed by atoms with Crippen LogP contribution in [-0.2, 0) is 6.54 Å². The van der Waals surface area contributed by atoms with E-state index in [0.717, 1.165) is 19.3 Å². The molecule has 0 aliphatic heterocycles. The molecule has 1 aliphatic carbocycles. The van der Waals surface area contributed by atoms with E-state index < -0.39 is 5.60 Å². The summed E-state index contributed by atoms with van der Waals surface area (Å²) in [6.07, 6.45) is 3.80. The minimum atomic E-state index is -0.679. The van der Waals surface area contributed by atoms with Crippen molar-refractivity contribution in [2.75, 3.05) is 6.54 Å². The van der Waals surface area contributed by atoms with Gasteiger partial charge in [-0.25, -0.2) is 0 Å². The molecule has 6 heteroatoms. The van der Waals surface area contributed by atoms with E-state index in [1.807, 2.05) is 0 Å². The summed E-state index contributed by atoms with van der Waals surface area (Å²) in [7, 11) is 0. The van der Waals surface area contributed by atoms with E-state index in [2.05, 4.69) is 28.2 Å². The van der Waals surface area contributed by atoms with E-state index in [0.29, 0.717) is 29.0 Å². The van der Waals surface area contributed by atoms with Crippen LogP contribution in [0.5, 0.6) is 0 Å². The van der Waals surface area contributed by atoms with Crippen molar-refractivity contribution in [3.05, 3.63) is 38.3 Å². The molecule has 1 aliphatic rings. The summed E-state index contributed by atoms with van der Waals surface area (Å²) in [6, 6.07) is 5.04. The fraction of sp³-hybridized carbons (Fsp3) is 0.600. The molecule has 1 aromatic rings. The number of nitro benzene ring substituents is 1. The van der Waals surface area contributed by atoms with Gasteiger partial charge in [0.2, 0.25) is 0 Å². The Balaban J connectivity index is 1.96. The fourth-order valence-corrected chi connectivity index (χ4v) is 3.43. The van der Waals surface area contributed by atoms with Crippen LogP contribution in [0.25, 0.3) is 0 Å². The summed E-state index contributed by atoms with van der Waals surface area (Å²) in [5.41, 5.74) is 0.0541. The Labute approximate surface area is 133 Å². The van der Waals surface area contributed by atoms with Gasteiger partial charge in [-0.2, -0.15) is 0 Å². The monoisotopic (exact) mass is 356 g/mol. The van der Waals surface area contributed by atoms with Crippen LogP contribution in [0.2, 0.25) is 0 Å². The van der Waals surface area contributed by atoms with Gasteiger partial charge >= 0.3 is 0 Å². The van der Waals surface area contributed by atoms with E-state index in [9.17, 15) is 15.2 Å². The first-order valence-corrected chi connectivity index (χ1v) is 8.05. The van der Waals surface area contributed by atoms with Gasteiger partial charge in [-0.05, 0) is 30.9 Å². The molecule has 21 heavy (non-hydrogen) atoms. The summed E-state index contributed by atoms with van der Waals surface area (Å²) < 4.78 is 0.692. The highest BCUT2D eigenvalue weighted by Crippen LogP contribution is 2.32. The van der Waals surface area contributed by atoms with Gasteiger partial charge in [-0.3, -0.25) is 10.1 Å². The van der Waals surface area contributed by atoms with Crippen LogP contribution in [0.4, 0.5) is 5.69 Å². The molecule has 1 saturated carbocycles. The number of nitrogens with zero attached hydrogens (tertiary/aromatic N) is 1. The topological polar surface area (TPSA) is 75.4 Å². The van der Waals surface area contributed by atoms with Gasteiger partial charge < -0.3 is 10.4 Å². The Bertz CT molecular complexity index is 524. The van der Waals surface area contributed by atoms with Crippen molar-refractivity contribution in [2.24, 2.45) is 5.92 Å². The SMILES string of the molecule is CC1CCCC(O)(CNCc2ccc(Br)cc2[N+](=O)[O-])C1. The maximum Gasteiger partial charge on any atom is 0.275 e. The Morgan fingerprint density at radius 3 is 3.00 bits per heavy atom. The Hall–Kier alpha value is -0.980. The highest BCUT2D eigenvalue weighted by atomic mass is 79.9. The van der Waals surface area contributed by atoms with Crippen LogP contribution in [0.3, 0.4) is 0 Å². The predicted molar refractivity (Wildman–Crippen MR) is 85.1 cm³/mol. The van der Waals surface area contributed by atoms with Gasteiger partial charge in [-0.15, -0.1) is 0 Å². The van der Waals surface area contributed by atoms with Gasteiger partial charge in [0.15, 0.2) is 0 Å². The molecule has 0 bridgehead atoms. The Kier molecular flexibility index (Phi) is 5.35. The number of hydrogen-bond donors (Lipinski definition) is 2. The summed E-state index contributed by atoms with van der Waals surface area (Å²) in [6.45, 7) is 3.02. The van der Waals surface area contributed by atoms with Crippen molar-refractivity contribution in [3.63, 3.8) is 0 Å². The van der Waals surface area contributed by atoms with Crippen molar-refractivity contribution in [2.45, 2.75) is 44.8 Å². The van der Waals surface area contributed by atoms with Crippen molar-refractivity contribution >= 4 is 21.6 Å². The molecule has 5 nitrogen and oxygen atoms in total. The van der Waals surface area contributed by atoms with Gasteiger partial charge in [-0.1, -0.05) is 35.7 Å². The number of hydrogen-bond acceptors (Lipinski definition) is 4. The number of halogens is 1. The number of nitrogens with one attached hydrogen (secondary N) is 1. The smallest absolute Gasteiger partial charge is 0.275 e. The van der Waals surface area contributed by atoms with E-state index in [4.69, 9.17) is 0 Å². The zero-order valence-electron chi connectivity index (χ0n) is 12.1. The molecular weight excluding hydrogens is 336 g/mol. The first-order chi connectivity index (χ1) is 9.89. The highest BCUT2D eigenvalue weighted by molar-refractivity contribution is 9.10. The van der Waals surface area contributed by atoms with Crippen molar-refractivity contribution in [1.82, 2.24) is 5.32 Å². The molecule has 0 aromatic heterocycles.